The molecule has 8 heteroatoms. The topological polar surface area (TPSA) is 58.6 Å². The number of aliphatic hydroxyl groups excluding tert-OH is 1. The van der Waals surface area contributed by atoms with E-state index in [0.717, 1.165) is 0 Å². The Morgan fingerprint density at radius 1 is 1.42 bits per heavy atom. The van der Waals surface area contributed by atoms with E-state index in [2.05, 4.69) is 0 Å². The number of hydrogen-bond donors (Lipinski definition) is 2. The molecule has 0 aromatic heterocycles. The molecular formula is C11H11Cl2F2NO3. The molecule has 0 saturated heterocycles. The van der Waals surface area contributed by atoms with Crippen LogP contribution < -0.4 is 10.1 Å². The molecule has 0 aliphatic rings. The number of amides is 1. The van der Waals surface area contributed by atoms with Gasteiger partial charge in [-0.3, -0.25) is 4.79 Å². The van der Waals surface area contributed by atoms with Gasteiger partial charge in [-0.1, -0.05) is 23.2 Å². The Morgan fingerprint density at radius 3 is 2.37 bits per heavy atom. The Bertz CT molecular complexity index is 460. The third kappa shape index (κ3) is 4.19. The number of halogens is 4. The molecule has 4 nitrogen and oxygen atoms in total. The standard InChI is InChI=1S/C11H11Cl2F2NO3/c1-19-9-7(12)2-6(3-8(9)13)10(18)16-4-11(14,15)5-17/h2-3,17H,4-5H2,1H3,(H,16,18). The number of benzene rings is 1. The average molecular weight is 314 g/mol. The van der Waals surface area contributed by atoms with E-state index < -0.39 is 25.0 Å². The zero-order valence-electron chi connectivity index (χ0n) is 9.84. The van der Waals surface area contributed by atoms with Gasteiger partial charge in [0.05, 0.1) is 23.7 Å². The first-order valence-electron chi connectivity index (χ1n) is 5.10. The first-order chi connectivity index (χ1) is 8.80. The predicted octanol–water partition coefficient (Wildman–Crippen LogP) is 2.36. The van der Waals surface area contributed by atoms with Gasteiger partial charge in [-0.25, -0.2) is 8.78 Å². The minimum Gasteiger partial charge on any atom is -0.494 e. The Balaban J connectivity index is 2.84. The lowest BCUT2D eigenvalue weighted by molar-refractivity contribution is -0.0462. The van der Waals surface area contributed by atoms with Crippen LogP contribution in [0.5, 0.6) is 5.75 Å². The number of nitrogens with one attached hydrogen (secondary N) is 1. The van der Waals surface area contributed by atoms with E-state index in [0.29, 0.717) is 0 Å². The molecule has 1 aromatic carbocycles. The van der Waals surface area contributed by atoms with Gasteiger partial charge in [0.2, 0.25) is 0 Å². The lowest BCUT2D eigenvalue weighted by atomic mass is 10.2. The van der Waals surface area contributed by atoms with Crippen molar-refractivity contribution in [3.8, 4) is 5.75 Å². The van der Waals surface area contributed by atoms with Crippen LogP contribution in [0.3, 0.4) is 0 Å². The summed E-state index contributed by atoms with van der Waals surface area (Å²) in [7, 11) is 1.36. The molecule has 0 aliphatic heterocycles. The number of carbonyl (C=O) groups excluding carboxylic acids is 1. The summed E-state index contributed by atoms with van der Waals surface area (Å²) in [6.07, 6.45) is 0. The summed E-state index contributed by atoms with van der Waals surface area (Å²) in [5.74, 6) is -3.96. The van der Waals surface area contributed by atoms with E-state index in [4.69, 9.17) is 33.0 Å². The summed E-state index contributed by atoms with van der Waals surface area (Å²) in [5.41, 5.74) is 0.0181. The molecule has 2 N–H and O–H groups in total. The van der Waals surface area contributed by atoms with Gasteiger partial charge in [0, 0.05) is 5.56 Å². The molecule has 1 rings (SSSR count). The fraction of sp³-hybridized carbons (Fsp3) is 0.364. The van der Waals surface area contributed by atoms with Crippen molar-refractivity contribution in [2.24, 2.45) is 0 Å². The van der Waals surface area contributed by atoms with Crippen molar-refractivity contribution in [2.45, 2.75) is 5.92 Å². The van der Waals surface area contributed by atoms with Crippen molar-refractivity contribution in [1.29, 1.82) is 0 Å². The average Bonchev–Trinajstić information content (AvgIpc) is 2.35. The maximum Gasteiger partial charge on any atom is 0.287 e. The van der Waals surface area contributed by atoms with Crippen LogP contribution in [0, 0.1) is 0 Å². The lowest BCUT2D eigenvalue weighted by Crippen LogP contribution is -2.38. The fourth-order valence-electron chi connectivity index (χ4n) is 1.25. The van der Waals surface area contributed by atoms with Gasteiger partial charge in [0.25, 0.3) is 11.8 Å². The molecule has 0 heterocycles. The second-order valence-electron chi connectivity index (χ2n) is 3.67. The molecule has 0 spiro atoms. The minimum absolute atomic E-state index is 0.0181. The van der Waals surface area contributed by atoms with E-state index in [-0.39, 0.29) is 21.4 Å². The van der Waals surface area contributed by atoms with Gasteiger partial charge < -0.3 is 15.2 Å². The van der Waals surface area contributed by atoms with E-state index in [1.54, 1.807) is 0 Å². The molecule has 19 heavy (non-hydrogen) atoms. The maximum absolute atomic E-state index is 12.8. The number of alkyl halides is 2. The van der Waals surface area contributed by atoms with Gasteiger partial charge >= 0.3 is 0 Å². The maximum atomic E-state index is 12.8. The first kappa shape index (κ1) is 15.9. The molecule has 1 amide bonds. The van der Waals surface area contributed by atoms with Gasteiger partial charge in [0.1, 0.15) is 6.61 Å². The summed E-state index contributed by atoms with van der Waals surface area (Å²) in [5, 5.41) is 10.5. The molecule has 0 saturated carbocycles. The van der Waals surface area contributed by atoms with Crippen LogP contribution in [0.1, 0.15) is 10.4 Å². The van der Waals surface area contributed by atoms with E-state index >= 15 is 0 Å². The second-order valence-corrected chi connectivity index (χ2v) is 4.48. The van der Waals surface area contributed by atoms with Gasteiger partial charge in [-0.05, 0) is 12.1 Å². The highest BCUT2D eigenvalue weighted by molar-refractivity contribution is 6.37. The molecule has 0 aliphatic carbocycles. The Kier molecular flexibility index (Phi) is 5.34. The summed E-state index contributed by atoms with van der Waals surface area (Å²) in [4.78, 5) is 11.6. The molecule has 0 unspecified atom stereocenters. The molecular weight excluding hydrogens is 303 g/mol. The quantitative estimate of drug-likeness (QED) is 0.877. The Morgan fingerprint density at radius 2 is 1.95 bits per heavy atom. The third-order valence-electron chi connectivity index (χ3n) is 2.20. The van der Waals surface area contributed by atoms with Crippen molar-refractivity contribution in [3.63, 3.8) is 0 Å². The Labute approximate surface area is 118 Å². The van der Waals surface area contributed by atoms with Crippen molar-refractivity contribution in [1.82, 2.24) is 5.32 Å². The summed E-state index contributed by atoms with van der Waals surface area (Å²) >= 11 is 11.6. The van der Waals surface area contributed by atoms with Crippen molar-refractivity contribution in [2.75, 3.05) is 20.3 Å². The van der Waals surface area contributed by atoms with Crippen LogP contribution in [0.15, 0.2) is 12.1 Å². The zero-order valence-corrected chi connectivity index (χ0v) is 11.4. The van der Waals surface area contributed by atoms with Crippen LogP contribution >= 0.6 is 23.2 Å². The molecule has 106 valence electrons. The smallest absolute Gasteiger partial charge is 0.287 e. The van der Waals surface area contributed by atoms with Crippen LogP contribution in [-0.4, -0.2) is 37.2 Å². The van der Waals surface area contributed by atoms with Gasteiger partial charge in [-0.2, -0.15) is 0 Å². The lowest BCUT2D eigenvalue weighted by Gasteiger charge is -2.14. The molecule has 1 aromatic rings. The number of hydrogen-bond acceptors (Lipinski definition) is 3. The number of aliphatic hydroxyl groups is 1. The van der Waals surface area contributed by atoms with Crippen molar-refractivity contribution >= 4 is 29.1 Å². The SMILES string of the molecule is COc1c(Cl)cc(C(=O)NCC(F)(F)CO)cc1Cl. The van der Waals surface area contributed by atoms with Crippen LogP contribution in [0.4, 0.5) is 8.78 Å². The van der Waals surface area contributed by atoms with E-state index in [1.165, 1.54) is 19.2 Å². The van der Waals surface area contributed by atoms with Crippen molar-refractivity contribution < 1.29 is 23.4 Å². The summed E-state index contributed by atoms with van der Waals surface area (Å²) in [6.45, 7) is -2.33. The number of ether oxygens (including phenoxy) is 1. The number of rotatable bonds is 5. The highest BCUT2D eigenvalue weighted by Gasteiger charge is 2.28. The summed E-state index contributed by atoms with van der Waals surface area (Å²) < 4.78 is 30.4. The minimum atomic E-state index is -3.38. The second kappa shape index (κ2) is 6.36. The third-order valence-corrected chi connectivity index (χ3v) is 2.77. The fourth-order valence-corrected chi connectivity index (χ4v) is 1.89. The van der Waals surface area contributed by atoms with Crippen LogP contribution in [0.25, 0.3) is 0 Å². The van der Waals surface area contributed by atoms with Gasteiger partial charge in [0.15, 0.2) is 5.75 Å². The number of methoxy groups -OCH3 is 1. The van der Waals surface area contributed by atoms with Crippen LogP contribution in [-0.2, 0) is 0 Å². The monoisotopic (exact) mass is 313 g/mol. The largest absolute Gasteiger partial charge is 0.494 e. The van der Waals surface area contributed by atoms with E-state index in [1.807, 2.05) is 5.32 Å². The van der Waals surface area contributed by atoms with Gasteiger partial charge in [-0.15, -0.1) is 0 Å². The summed E-state index contributed by atoms with van der Waals surface area (Å²) in [6, 6.07) is 2.50. The highest BCUT2D eigenvalue weighted by Crippen LogP contribution is 2.33. The molecule has 0 radical (unpaired) electrons. The normalized spacial score (nSPS) is 11.3. The zero-order chi connectivity index (χ0) is 14.6. The number of carbonyl (C=O) groups is 1. The predicted molar refractivity (Wildman–Crippen MR) is 67.4 cm³/mol. The molecule has 0 atom stereocenters. The molecule has 0 fully saturated rings. The molecule has 0 bridgehead atoms. The first-order valence-corrected chi connectivity index (χ1v) is 5.86. The van der Waals surface area contributed by atoms with Crippen molar-refractivity contribution in [3.05, 3.63) is 27.7 Å². The van der Waals surface area contributed by atoms with E-state index in [9.17, 15) is 13.6 Å². The highest BCUT2D eigenvalue weighted by atomic mass is 35.5. The Hall–Kier alpha value is -1.11. The van der Waals surface area contributed by atoms with Crippen LogP contribution in [0.2, 0.25) is 10.0 Å².